The minimum atomic E-state index is -0.251. The number of benzene rings is 2. The molecule has 1 unspecified atom stereocenters. The molecule has 0 bridgehead atoms. The molecular weight excluding hydrogens is 405 g/mol. The fourth-order valence-corrected chi connectivity index (χ4v) is 3.74. The Morgan fingerprint density at radius 3 is 2.67 bits per heavy atom. The maximum absolute atomic E-state index is 12.3. The van der Waals surface area contributed by atoms with E-state index >= 15 is 0 Å². The third-order valence-corrected chi connectivity index (χ3v) is 5.34. The zero-order valence-electron chi connectivity index (χ0n) is 14.4. The van der Waals surface area contributed by atoms with E-state index in [0.29, 0.717) is 21.0 Å². The third kappa shape index (κ3) is 4.74. The average molecular weight is 422 g/mol. The number of rotatable bonds is 6. The molecule has 0 aliphatic heterocycles. The largest absolute Gasteiger partial charge is 0.349 e. The number of carbonyl (C=O) groups excluding carboxylic acids is 1. The Hall–Kier alpha value is -2.22. The summed E-state index contributed by atoms with van der Waals surface area (Å²) in [6.45, 7) is 1.86. The van der Waals surface area contributed by atoms with Crippen molar-refractivity contribution in [3.63, 3.8) is 0 Å². The highest BCUT2D eigenvalue weighted by Crippen LogP contribution is 2.26. The van der Waals surface area contributed by atoms with E-state index in [1.165, 1.54) is 16.4 Å². The second kappa shape index (κ2) is 8.65. The van der Waals surface area contributed by atoms with Crippen molar-refractivity contribution in [3.8, 4) is 11.4 Å². The van der Waals surface area contributed by atoms with Crippen LogP contribution in [0.15, 0.2) is 53.7 Å². The van der Waals surface area contributed by atoms with E-state index < -0.39 is 0 Å². The first-order valence-corrected chi connectivity index (χ1v) is 9.83. The molecule has 1 atom stereocenters. The molecular formula is C18H17Cl2N5OS. The Morgan fingerprint density at radius 2 is 1.96 bits per heavy atom. The van der Waals surface area contributed by atoms with Crippen molar-refractivity contribution in [3.05, 3.63) is 64.1 Å². The lowest BCUT2D eigenvalue weighted by molar-refractivity contribution is -0.119. The zero-order valence-corrected chi connectivity index (χ0v) is 16.7. The normalized spacial score (nSPS) is 12.0. The lowest BCUT2D eigenvalue weighted by atomic mass is 10.1. The van der Waals surface area contributed by atoms with Gasteiger partial charge in [0.15, 0.2) is 5.82 Å². The molecule has 3 aromatic rings. The van der Waals surface area contributed by atoms with Crippen LogP contribution in [0.4, 0.5) is 0 Å². The van der Waals surface area contributed by atoms with Gasteiger partial charge in [0, 0.05) is 15.6 Å². The lowest BCUT2D eigenvalue weighted by Gasteiger charge is -2.15. The number of hydrogen-bond donors (Lipinski definition) is 2. The van der Waals surface area contributed by atoms with E-state index in [1.54, 1.807) is 18.2 Å². The Labute approximate surface area is 171 Å². The van der Waals surface area contributed by atoms with Crippen molar-refractivity contribution < 1.29 is 4.79 Å². The topological polar surface area (TPSA) is 85.8 Å². The first-order chi connectivity index (χ1) is 13.0. The summed E-state index contributed by atoms with van der Waals surface area (Å²) in [4.78, 5) is 12.3. The number of nitrogens with two attached hydrogens (primary N) is 1. The van der Waals surface area contributed by atoms with Crippen LogP contribution in [0.1, 0.15) is 18.5 Å². The molecule has 1 aromatic heterocycles. The highest BCUT2D eigenvalue weighted by Gasteiger charge is 2.16. The summed E-state index contributed by atoms with van der Waals surface area (Å²) in [7, 11) is 0. The van der Waals surface area contributed by atoms with Crippen LogP contribution in [0.2, 0.25) is 10.0 Å². The van der Waals surface area contributed by atoms with E-state index in [4.69, 9.17) is 29.0 Å². The van der Waals surface area contributed by atoms with Gasteiger partial charge in [-0.15, -0.1) is 10.2 Å². The molecule has 3 rings (SSSR count). The third-order valence-electron chi connectivity index (χ3n) is 3.84. The van der Waals surface area contributed by atoms with E-state index in [-0.39, 0.29) is 17.7 Å². The molecule has 140 valence electrons. The Bertz CT molecular complexity index is 948. The van der Waals surface area contributed by atoms with Crippen LogP contribution in [0.25, 0.3) is 11.4 Å². The van der Waals surface area contributed by atoms with Gasteiger partial charge in [-0.3, -0.25) is 4.79 Å². The Balaban J connectivity index is 1.60. The van der Waals surface area contributed by atoms with Crippen molar-refractivity contribution in [2.75, 3.05) is 11.6 Å². The number of thioether (sulfide) groups is 1. The predicted molar refractivity (Wildman–Crippen MR) is 109 cm³/mol. The molecule has 0 spiro atoms. The van der Waals surface area contributed by atoms with E-state index in [0.717, 1.165) is 11.1 Å². The van der Waals surface area contributed by atoms with E-state index in [9.17, 15) is 4.79 Å². The molecule has 9 heteroatoms. The Morgan fingerprint density at radius 1 is 1.22 bits per heavy atom. The van der Waals surface area contributed by atoms with Crippen molar-refractivity contribution >= 4 is 40.9 Å². The first-order valence-electron chi connectivity index (χ1n) is 8.08. The molecule has 0 aliphatic carbocycles. The van der Waals surface area contributed by atoms with Gasteiger partial charge in [-0.2, -0.15) is 0 Å². The van der Waals surface area contributed by atoms with Gasteiger partial charge < -0.3 is 11.2 Å². The van der Waals surface area contributed by atoms with Crippen molar-refractivity contribution in [1.29, 1.82) is 0 Å². The van der Waals surface area contributed by atoms with Gasteiger partial charge in [-0.1, -0.05) is 71.4 Å². The van der Waals surface area contributed by atoms with Gasteiger partial charge in [-0.05, 0) is 24.6 Å². The quantitative estimate of drug-likeness (QED) is 0.464. The molecule has 0 saturated carbocycles. The number of carbonyl (C=O) groups is 1. The highest BCUT2D eigenvalue weighted by atomic mass is 35.5. The van der Waals surface area contributed by atoms with E-state index in [1.807, 2.05) is 37.3 Å². The highest BCUT2D eigenvalue weighted by molar-refractivity contribution is 7.99. The number of nitrogens with zero attached hydrogens (tertiary/aromatic N) is 3. The fourth-order valence-electron chi connectivity index (χ4n) is 2.50. The summed E-state index contributed by atoms with van der Waals surface area (Å²) < 4.78 is 1.38. The van der Waals surface area contributed by atoms with Gasteiger partial charge >= 0.3 is 0 Å². The molecule has 27 heavy (non-hydrogen) atoms. The van der Waals surface area contributed by atoms with Crippen LogP contribution in [-0.2, 0) is 4.79 Å². The first kappa shape index (κ1) is 19.5. The van der Waals surface area contributed by atoms with Crippen molar-refractivity contribution in [1.82, 2.24) is 20.2 Å². The summed E-state index contributed by atoms with van der Waals surface area (Å²) in [6.07, 6.45) is 0. The maximum atomic E-state index is 12.3. The standard InChI is InChI=1S/C18H17Cl2N5OS/c1-11(14-8-7-13(19)9-15(14)20)22-16(26)10-27-18-24-23-17(25(18)21)12-5-3-2-4-6-12/h2-9,11H,10,21H2,1H3,(H,22,26). The number of hydrogen-bond acceptors (Lipinski definition) is 5. The molecule has 0 aliphatic rings. The molecule has 1 heterocycles. The second-order valence-electron chi connectivity index (χ2n) is 5.79. The number of nitrogen functional groups attached to an aromatic ring is 1. The van der Waals surface area contributed by atoms with Crippen LogP contribution in [0.5, 0.6) is 0 Å². The number of nitrogens with one attached hydrogen (secondary N) is 1. The smallest absolute Gasteiger partial charge is 0.230 e. The van der Waals surface area contributed by atoms with E-state index in [2.05, 4.69) is 15.5 Å². The summed E-state index contributed by atoms with van der Waals surface area (Å²) in [5.74, 6) is 6.59. The fraction of sp³-hybridized carbons (Fsp3) is 0.167. The molecule has 0 fully saturated rings. The van der Waals surface area contributed by atoms with Gasteiger partial charge in [-0.25, -0.2) is 4.68 Å². The summed E-state index contributed by atoms with van der Waals surface area (Å²) >= 11 is 13.3. The number of halogens is 2. The maximum Gasteiger partial charge on any atom is 0.230 e. The SMILES string of the molecule is CC(NC(=O)CSc1nnc(-c2ccccc2)n1N)c1ccc(Cl)cc1Cl. The monoisotopic (exact) mass is 421 g/mol. The van der Waals surface area contributed by atoms with Crippen LogP contribution in [-0.4, -0.2) is 26.5 Å². The molecule has 3 N–H and O–H groups in total. The van der Waals surface area contributed by atoms with Gasteiger partial charge in [0.1, 0.15) is 0 Å². The van der Waals surface area contributed by atoms with Gasteiger partial charge in [0.2, 0.25) is 11.1 Å². The van der Waals surface area contributed by atoms with Crippen LogP contribution >= 0.6 is 35.0 Å². The molecule has 0 radical (unpaired) electrons. The van der Waals surface area contributed by atoms with Crippen molar-refractivity contribution in [2.45, 2.75) is 18.1 Å². The predicted octanol–water partition coefficient (Wildman–Crippen LogP) is 3.94. The zero-order chi connectivity index (χ0) is 19.4. The molecule has 0 saturated heterocycles. The van der Waals surface area contributed by atoms with Gasteiger partial charge in [0.05, 0.1) is 11.8 Å². The Kier molecular flexibility index (Phi) is 6.26. The van der Waals surface area contributed by atoms with Crippen LogP contribution in [0.3, 0.4) is 0 Å². The number of aromatic nitrogens is 3. The summed E-state index contributed by atoms with van der Waals surface area (Å²) in [6, 6.07) is 14.4. The van der Waals surface area contributed by atoms with Gasteiger partial charge in [0.25, 0.3) is 0 Å². The minimum absolute atomic E-state index is 0.152. The summed E-state index contributed by atoms with van der Waals surface area (Å²) in [5.41, 5.74) is 1.66. The minimum Gasteiger partial charge on any atom is -0.349 e. The molecule has 1 amide bonds. The lowest BCUT2D eigenvalue weighted by Crippen LogP contribution is -2.28. The van der Waals surface area contributed by atoms with Crippen LogP contribution in [0, 0.1) is 0 Å². The average Bonchev–Trinajstić information content (AvgIpc) is 3.01. The summed E-state index contributed by atoms with van der Waals surface area (Å²) in [5, 5.41) is 12.6. The number of amides is 1. The van der Waals surface area contributed by atoms with Crippen LogP contribution < -0.4 is 11.2 Å². The molecule has 2 aromatic carbocycles. The second-order valence-corrected chi connectivity index (χ2v) is 7.57. The van der Waals surface area contributed by atoms with Crippen molar-refractivity contribution in [2.24, 2.45) is 0 Å². The molecule has 6 nitrogen and oxygen atoms in total.